The topological polar surface area (TPSA) is 12.5 Å². The second-order valence-electron chi connectivity index (χ2n) is 4.97. The first-order chi connectivity index (χ1) is 9.29. The van der Waals surface area contributed by atoms with Crippen molar-refractivity contribution in [1.82, 2.24) is 4.90 Å². The van der Waals surface area contributed by atoms with Crippen LogP contribution in [0, 0.1) is 0 Å². The SMILES string of the molecule is BrCCC1CCCCN1CCOc1cccc(Br)c1. The smallest absolute Gasteiger partial charge is 0.120 e. The Balaban J connectivity index is 1.77. The largest absolute Gasteiger partial charge is 0.492 e. The zero-order chi connectivity index (χ0) is 13.5. The van der Waals surface area contributed by atoms with Crippen molar-refractivity contribution in [3.8, 4) is 5.75 Å². The van der Waals surface area contributed by atoms with Crippen molar-refractivity contribution in [2.24, 2.45) is 0 Å². The van der Waals surface area contributed by atoms with Gasteiger partial charge in [-0.25, -0.2) is 0 Å². The van der Waals surface area contributed by atoms with E-state index in [9.17, 15) is 0 Å². The molecule has 19 heavy (non-hydrogen) atoms. The normalized spacial score (nSPS) is 20.4. The third-order valence-electron chi connectivity index (χ3n) is 3.63. The molecule has 0 radical (unpaired) electrons. The summed E-state index contributed by atoms with van der Waals surface area (Å²) in [6.07, 6.45) is 5.29. The summed E-state index contributed by atoms with van der Waals surface area (Å²) in [7, 11) is 0. The molecule has 2 nitrogen and oxygen atoms in total. The first-order valence-electron chi connectivity index (χ1n) is 6.98. The molecule has 1 aliphatic heterocycles. The second kappa shape index (κ2) is 8.28. The zero-order valence-corrected chi connectivity index (χ0v) is 14.3. The molecule has 1 saturated heterocycles. The van der Waals surface area contributed by atoms with Gasteiger partial charge in [0, 0.05) is 22.4 Å². The van der Waals surface area contributed by atoms with E-state index >= 15 is 0 Å². The maximum Gasteiger partial charge on any atom is 0.120 e. The lowest BCUT2D eigenvalue weighted by Gasteiger charge is -2.35. The number of benzene rings is 1. The maximum atomic E-state index is 5.83. The third kappa shape index (κ3) is 5.09. The molecular formula is C15H21Br2NO. The summed E-state index contributed by atoms with van der Waals surface area (Å²) in [5.74, 6) is 0.948. The minimum absolute atomic E-state index is 0.735. The van der Waals surface area contributed by atoms with Gasteiger partial charge in [0.25, 0.3) is 0 Å². The molecule has 4 heteroatoms. The Morgan fingerprint density at radius 2 is 2.21 bits per heavy atom. The van der Waals surface area contributed by atoms with Crippen molar-refractivity contribution in [3.05, 3.63) is 28.7 Å². The lowest BCUT2D eigenvalue weighted by molar-refractivity contribution is 0.121. The third-order valence-corrected chi connectivity index (χ3v) is 4.59. The summed E-state index contributed by atoms with van der Waals surface area (Å²) in [4.78, 5) is 2.59. The van der Waals surface area contributed by atoms with Gasteiger partial charge in [0.15, 0.2) is 0 Å². The van der Waals surface area contributed by atoms with E-state index in [1.54, 1.807) is 0 Å². The van der Waals surface area contributed by atoms with Crippen LogP contribution in [0.1, 0.15) is 25.7 Å². The molecule has 1 aromatic rings. The van der Waals surface area contributed by atoms with Crippen LogP contribution >= 0.6 is 31.9 Å². The van der Waals surface area contributed by atoms with E-state index in [-0.39, 0.29) is 0 Å². The number of piperidine rings is 1. The average molecular weight is 391 g/mol. The molecule has 0 saturated carbocycles. The van der Waals surface area contributed by atoms with Gasteiger partial charge in [0.1, 0.15) is 12.4 Å². The molecule has 2 rings (SSSR count). The van der Waals surface area contributed by atoms with Crippen LogP contribution in [-0.2, 0) is 0 Å². The van der Waals surface area contributed by atoms with Crippen LogP contribution in [0.3, 0.4) is 0 Å². The number of ether oxygens (including phenoxy) is 1. The molecule has 1 atom stereocenters. The first kappa shape index (κ1) is 15.3. The highest BCUT2D eigenvalue weighted by molar-refractivity contribution is 9.10. The highest BCUT2D eigenvalue weighted by atomic mass is 79.9. The Bertz CT molecular complexity index is 384. The molecule has 0 N–H and O–H groups in total. The molecule has 0 aromatic heterocycles. The van der Waals surface area contributed by atoms with Crippen LogP contribution in [0.25, 0.3) is 0 Å². The summed E-state index contributed by atoms with van der Waals surface area (Å²) in [6, 6.07) is 8.79. The Hall–Kier alpha value is -0.0600. The van der Waals surface area contributed by atoms with Gasteiger partial charge >= 0.3 is 0 Å². The van der Waals surface area contributed by atoms with Gasteiger partial charge in [-0.05, 0) is 44.0 Å². The van der Waals surface area contributed by atoms with E-state index in [0.717, 1.165) is 34.7 Å². The van der Waals surface area contributed by atoms with Gasteiger partial charge in [-0.3, -0.25) is 4.90 Å². The number of halogens is 2. The number of alkyl halides is 1. The quantitative estimate of drug-likeness (QED) is 0.664. The van der Waals surface area contributed by atoms with E-state index in [1.165, 1.54) is 32.2 Å². The average Bonchev–Trinajstić information content (AvgIpc) is 2.41. The fourth-order valence-electron chi connectivity index (χ4n) is 2.64. The van der Waals surface area contributed by atoms with Crippen molar-refractivity contribution < 1.29 is 4.74 Å². The van der Waals surface area contributed by atoms with Gasteiger partial charge in [0.05, 0.1) is 0 Å². The van der Waals surface area contributed by atoms with E-state index in [1.807, 2.05) is 24.3 Å². The predicted molar refractivity (Wildman–Crippen MR) is 87.3 cm³/mol. The molecule has 106 valence electrons. The Kier molecular flexibility index (Phi) is 6.68. The number of nitrogens with zero attached hydrogens (tertiary/aromatic N) is 1. The highest BCUT2D eigenvalue weighted by Gasteiger charge is 2.21. The molecule has 1 aromatic carbocycles. The predicted octanol–water partition coefficient (Wildman–Crippen LogP) is 4.47. The molecule has 0 amide bonds. The van der Waals surface area contributed by atoms with Crippen molar-refractivity contribution in [2.45, 2.75) is 31.7 Å². The summed E-state index contributed by atoms with van der Waals surface area (Å²) in [5.41, 5.74) is 0. The number of hydrogen-bond donors (Lipinski definition) is 0. The minimum Gasteiger partial charge on any atom is -0.492 e. The van der Waals surface area contributed by atoms with Crippen LogP contribution < -0.4 is 4.74 Å². The van der Waals surface area contributed by atoms with Crippen LogP contribution in [-0.4, -0.2) is 36.0 Å². The highest BCUT2D eigenvalue weighted by Crippen LogP contribution is 2.21. The van der Waals surface area contributed by atoms with Gasteiger partial charge in [-0.15, -0.1) is 0 Å². The molecule has 1 aliphatic rings. The summed E-state index contributed by atoms with van der Waals surface area (Å²) in [6.45, 7) is 3.03. The Morgan fingerprint density at radius 1 is 1.32 bits per heavy atom. The van der Waals surface area contributed by atoms with E-state index in [2.05, 4.69) is 36.8 Å². The molecule has 1 unspecified atom stereocenters. The fraction of sp³-hybridized carbons (Fsp3) is 0.600. The summed E-state index contributed by atoms with van der Waals surface area (Å²) in [5, 5.41) is 1.10. The number of likely N-dealkylation sites (tertiary alicyclic amines) is 1. The van der Waals surface area contributed by atoms with E-state index in [0.29, 0.717) is 0 Å². The molecule has 0 aliphatic carbocycles. The molecule has 1 heterocycles. The summed E-state index contributed by atoms with van der Waals surface area (Å²) >= 11 is 7.03. The Labute approximate surface area is 132 Å². The van der Waals surface area contributed by atoms with Crippen molar-refractivity contribution >= 4 is 31.9 Å². The van der Waals surface area contributed by atoms with Crippen LogP contribution in [0.5, 0.6) is 5.75 Å². The van der Waals surface area contributed by atoms with Crippen molar-refractivity contribution in [1.29, 1.82) is 0 Å². The molecular weight excluding hydrogens is 370 g/mol. The van der Waals surface area contributed by atoms with Gasteiger partial charge in [-0.2, -0.15) is 0 Å². The maximum absolute atomic E-state index is 5.83. The fourth-order valence-corrected chi connectivity index (χ4v) is 3.55. The van der Waals surface area contributed by atoms with Gasteiger partial charge in [-0.1, -0.05) is 44.3 Å². The minimum atomic E-state index is 0.735. The van der Waals surface area contributed by atoms with Crippen LogP contribution in [0.2, 0.25) is 0 Å². The monoisotopic (exact) mass is 389 g/mol. The van der Waals surface area contributed by atoms with Crippen molar-refractivity contribution in [3.63, 3.8) is 0 Å². The van der Waals surface area contributed by atoms with Crippen LogP contribution in [0.15, 0.2) is 28.7 Å². The Morgan fingerprint density at radius 3 is 3.00 bits per heavy atom. The lowest BCUT2D eigenvalue weighted by Crippen LogP contribution is -2.42. The first-order valence-corrected chi connectivity index (χ1v) is 8.89. The van der Waals surface area contributed by atoms with Gasteiger partial charge < -0.3 is 4.74 Å². The van der Waals surface area contributed by atoms with E-state index < -0.39 is 0 Å². The molecule has 1 fully saturated rings. The standard InChI is InChI=1S/C15H21Br2NO/c16-8-7-14-5-1-2-9-18(14)10-11-19-15-6-3-4-13(17)12-15/h3-4,6,12,14H,1-2,5,7-11H2. The van der Waals surface area contributed by atoms with Crippen molar-refractivity contribution in [2.75, 3.05) is 25.0 Å². The number of rotatable bonds is 6. The lowest BCUT2D eigenvalue weighted by atomic mass is 10.0. The van der Waals surface area contributed by atoms with Gasteiger partial charge in [0.2, 0.25) is 0 Å². The molecule has 0 bridgehead atoms. The number of hydrogen-bond acceptors (Lipinski definition) is 2. The summed E-state index contributed by atoms with van der Waals surface area (Å²) < 4.78 is 6.90. The molecule has 0 spiro atoms. The second-order valence-corrected chi connectivity index (χ2v) is 6.68. The zero-order valence-electron chi connectivity index (χ0n) is 11.2. The van der Waals surface area contributed by atoms with E-state index in [4.69, 9.17) is 4.74 Å². The van der Waals surface area contributed by atoms with Crippen LogP contribution in [0.4, 0.5) is 0 Å².